The van der Waals surface area contributed by atoms with Crippen molar-refractivity contribution >= 4 is 44.9 Å². The number of alkyl halides is 3. The van der Waals surface area contributed by atoms with E-state index in [1.807, 2.05) is 0 Å². The van der Waals surface area contributed by atoms with E-state index in [-0.39, 0.29) is 28.7 Å². The number of anilines is 3. The van der Waals surface area contributed by atoms with Gasteiger partial charge in [-0.25, -0.2) is 27.5 Å². The van der Waals surface area contributed by atoms with Gasteiger partial charge in [0.25, 0.3) is 21.7 Å². The normalized spacial score (nSPS) is 21.0. The van der Waals surface area contributed by atoms with Crippen LogP contribution in [0.3, 0.4) is 0 Å². The molecule has 3 aromatic rings. The summed E-state index contributed by atoms with van der Waals surface area (Å²) in [5, 5.41) is 2.54. The molecule has 4 amide bonds. The van der Waals surface area contributed by atoms with Crippen LogP contribution in [0.25, 0.3) is 0 Å². The van der Waals surface area contributed by atoms with E-state index in [4.69, 9.17) is 0 Å². The van der Waals surface area contributed by atoms with Gasteiger partial charge in [0.2, 0.25) is 0 Å². The summed E-state index contributed by atoms with van der Waals surface area (Å²) in [6.07, 6.45) is 1.61. The van der Waals surface area contributed by atoms with Crippen LogP contribution in [0.1, 0.15) is 23.7 Å². The van der Waals surface area contributed by atoms with Crippen molar-refractivity contribution in [3.05, 3.63) is 78.2 Å². The highest BCUT2D eigenvalue weighted by Crippen LogP contribution is 2.55. The molecule has 1 aliphatic heterocycles. The monoisotopic (exact) mass is 562 g/mol. The molecule has 2 heterocycles. The number of sulfone groups is 1. The molecule has 1 saturated heterocycles. The number of pyridine rings is 1. The lowest BCUT2D eigenvalue weighted by atomic mass is 10.1. The molecule has 14 heteroatoms. The number of nitrogens with one attached hydrogen (secondary N) is 1. The maximum absolute atomic E-state index is 13.5. The molecule has 0 bridgehead atoms. The Labute approximate surface area is 219 Å². The van der Waals surface area contributed by atoms with Gasteiger partial charge < -0.3 is 5.32 Å². The van der Waals surface area contributed by atoms with Crippen molar-refractivity contribution in [1.29, 1.82) is 0 Å². The van der Waals surface area contributed by atoms with E-state index in [9.17, 15) is 40.4 Å². The first kappa shape index (κ1) is 26.3. The van der Waals surface area contributed by atoms with Crippen molar-refractivity contribution in [3.63, 3.8) is 0 Å². The molecule has 1 aliphatic carbocycles. The Balaban J connectivity index is 1.45. The quantitative estimate of drug-likeness (QED) is 0.361. The lowest BCUT2D eigenvalue weighted by Gasteiger charge is -2.22. The van der Waals surface area contributed by atoms with Crippen LogP contribution in [-0.2, 0) is 14.6 Å². The van der Waals surface area contributed by atoms with Crippen LogP contribution in [0.15, 0.2) is 71.8 Å². The number of urea groups is 1. The molecule has 202 valence electrons. The van der Waals surface area contributed by atoms with Gasteiger partial charge in [-0.15, -0.1) is 0 Å². The van der Waals surface area contributed by atoms with E-state index in [2.05, 4.69) is 10.3 Å². The van der Waals surface area contributed by atoms with Crippen molar-refractivity contribution in [2.24, 2.45) is 5.92 Å². The zero-order valence-corrected chi connectivity index (χ0v) is 20.8. The fourth-order valence-corrected chi connectivity index (χ4v) is 5.32. The van der Waals surface area contributed by atoms with Crippen LogP contribution in [0.2, 0.25) is 0 Å². The predicted octanol–water partition coefficient (Wildman–Crippen LogP) is 4.52. The topological polar surface area (TPSA) is 117 Å². The number of carbonyl (C=O) groups is 3. The first-order valence-electron chi connectivity index (χ1n) is 11.4. The van der Waals surface area contributed by atoms with Crippen molar-refractivity contribution in [2.75, 3.05) is 15.1 Å². The number of nitrogens with zero attached hydrogens (tertiary/aromatic N) is 3. The summed E-state index contributed by atoms with van der Waals surface area (Å²) in [4.78, 5) is 44.6. The highest BCUT2D eigenvalue weighted by Gasteiger charge is 2.70. The summed E-state index contributed by atoms with van der Waals surface area (Å²) in [6.45, 7) is 1.75. The first-order chi connectivity index (χ1) is 18.3. The van der Waals surface area contributed by atoms with Gasteiger partial charge in [-0.05, 0) is 66.9 Å². The molecule has 5 rings (SSSR count). The third kappa shape index (κ3) is 4.20. The number of hydrogen-bond acceptors (Lipinski definition) is 6. The number of benzene rings is 2. The summed E-state index contributed by atoms with van der Waals surface area (Å²) >= 11 is 0. The molecule has 2 unspecified atom stereocenters. The molecular formula is C25H18F4N4O5S. The molecule has 2 atom stereocenters. The van der Waals surface area contributed by atoms with Crippen molar-refractivity contribution in [2.45, 2.75) is 29.3 Å². The highest BCUT2D eigenvalue weighted by molar-refractivity contribution is 7.92. The zero-order chi connectivity index (χ0) is 28.3. The Kier molecular flexibility index (Phi) is 5.97. The van der Waals surface area contributed by atoms with Crippen LogP contribution < -0.4 is 15.1 Å². The molecule has 2 aliphatic rings. The minimum absolute atomic E-state index is 0.0469. The van der Waals surface area contributed by atoms with Gasteiger partial charge in [-0.3, -0.25) is 14.5 Å². The van der Waals surface area contributed by atoms with Crippen molar-refractivity contribution in [1.82, 2.24) is 4.98 Å². The molecule has 9 nitrogen and oxygen atoms in total. The molecule has 1 saturated carbocycles. The fourth-order valence-electron chi connectivity index (χ4n) is 4.56. The van der Waals surface area contributed by atoms with E-state index in [0.29, 0.717) is 18.6 Å². The average Bonchev–Trinajstić information content (AvgIpc) is 3.49. The molecule has 39 heavy (non-hydrogen) atoms. The van der Waals surface area contributed by atoms with Gasteiger partial charge in [0.15, 0.2) is 0 Å². The van der Waals surface area contributed by atoms with Crippen LogP contribution in [0, 0.1) is 11.7 Å². The van der Waals surface area contributed by atoms with Crippen LogP contribution >= 0.6 is 0 Å². The number of rotatable bonds is 5. The number of hydrogen-bond donors (Lipinski definition) is 1. The maximum Gasteiger partial charge on any atom is 0.501 e. The summed E-state index contributed by atoms with van der Waals surface area (Å²) in [6, 6.07) is 10.1. The second-order valence-corrected chi connectivity index (χ2v) is 11.0. The second-order valence-electron chi connectivity index (χ2n) is 9.09. The maximum atomic E-state index is 13.5. The Bertz CT molecular complexity index is 1610. The van der Waals surface area contributed by atoms with E-state index in [1.54, 1.807) is 6.92 Å². The zero-order valence-electron chi connectivity index (χ0n) is 19.9. The molecular weight excluding hydrogens is 544 g/mol. The van der Waals surface area contributed by atoms with Gasteiger partial charge >= 0.3 is 11.5 Å². The second kappa shape index (κ2) is 8.86. The Morgan fingerprint density at radius 3 is 2.21 bits per heavy atom. The summed E-state index contributed by atoms with van der Waals surface area (Å²) in [5.41, 5.74) is -6.51. The smallest absolute Gasteiger partial charge is 0.307 e. The predicted molar refractivity (Wildman–Crippen MR) is 130 cm³/mol. The van der Waals surface area contributed by atoms with Crippen molar-refractivity contribution in [3.8, 4) is 0 Å². The Morgan fingerprint density at radius 2 is 1.64 bits per heavy atom. The van der Waals surface area contributed by atoms with E-state index in [1.165, 1.54) is 35.4 Å². The van der Waals surface area contributed by atoms with E-state index >= 15 is 0 Å². The van der Waals surface area contributed by atoms with Crippen LogP contribution in [-0.4, -0.2) is 42.3 Å². The average molecular weight is 563 g/mol. The standard InChI is InChI=1S/C25H18F4N4O5S/c1-14-13-24(14)22(35)32(17-6-8-19(9-7-17)39(37,38)25(27,28)29)23(36)33(24)18-10-11-30-20(12-18)31-21(34)15-2-4-16(26)5-3-15/h2-12,14H,13H2,1H3,(H,30,31,34). The van der Waals surface area contributed by atoms with Gasteiger partial charge in [0.1, 0.15) is 17.2 Å². The van der Waals surface area contributed by atoms with Gasteiger partial charge in [-0.2, -0.15) is 13.2 Å². The molecule has 1 spiro atoms. The van der Waals surface area contributed by atoms with Crippen LogP contribution in [0.5, 0.6) is 0 Å². The number of imide groups is 1. The third-order valence-corrected chi connectivity index (χ3v) is 8.19. The number of halogens is 4. The SMILES string of the molecule is CC1CC12C(=O)N(c1ccc(S(=O)(=O)C(F)(F)F)cc1)C(=O)N2c1ccnc(NC(=O)c2ccc(F)cc2)c1. The number of aromatic nitrogens is 1. The van der Waals surface area contributed by atoms with Gasteiger partial charge in [0.05, 0.1) is 16.3 Å². The van der Waals surface area contributed by atoms with Gasteiger partial charge in [-0.1, -0.05) is 6.92 Å². The first-order valence-corrected chi connectivity index (χ1v) is 12.9. The lowest BCUT2D eigenvalue weighted by Crippen LogP contribution is -2.39. The minimum atomic E-state index is -5.61. The summed E-state index contributed by atoms with van der Waals surface area (Å²) < 4.78 is 75.3. The fraction of sp³-hybridized carbons (Fsp3) is 0.200. The van der Waals surface area contributed by atoms with E-state index < -0.39 is 49.4 Å². The van der Waals surface area contributed by atoms with Crippen LogP contribution in [0.4, 0.5) is 39.5 Å². The summed E-state index contributed by atoms with van der Waals surface area (Å²) in [7, 11) is -5.61. The summed E-state index contributed by atoms with van der Waals surface area (Å²) in [5.74, 6) is -1.96. The number of carbonyl (C=O) groups excluding carboxylic acids is 3. The van der Waals surface area contributed by atoms with Gasteiger partial charge in [0, 0.05) is 17.8 Å². The molecule has 0 radical (unpaired) electrons. The third-order valence-electron chi connectivity index (χ3n) is 6.69. The molecule has 1 aromatic heterocycles. The van der Waals surface area contributed by atoms with Crippen molar-refractivity contribution < 1.29 is 40.4 Å². The Morgan fingerprint density at radius 1 is 1.03 bits per heavy atom. The highest BCUT2D eigenvalue weighted by atomic mass is 32.2. The molecule has 1 N–H and O–H groups in total. The Hall–Kier alpha value is -4.33. The number of amides is 4. The lowest BCUT2D eigenvalue weighted by molar-refractivity contribution is -0.119. The molecule has 2 fully saturated rings. The largest absolute Gasteiger partial charge is 0.501 e. The minimum Gasteiger partial charge on any atom is -0.307 e. The molecule has 2 aromatic carbocycles. The van der Waals surface area contributed by atoms with E-state index in [0.717, 1.165) is 29.2 Å².